The molecule has 0 saturated carbocycles. The summed E-state index contributed by atoms with van der Waals surface area (Å²) in [6.45, 7) is 6.66. The highest BCUT2D eigenvalue weighted by atomic mass is 16.6. The summed E-state index contributed by atoms with van der Waals surface area (Å²) in [5.74, 6) is -0.863. The molecule has 388 valence electrons. The van der Waals surface area contributed by atoms with E-state index in [4.69, 9.17) is 14.2 Å². The number of allylic oxidation sites excluding steroid dienone is 4. The van der Waals surface area contributed by atoms with Crippen LogP contribution in [0.15, 0.2) is 24.3 Å². The third kappa shape index (κ3) is 52.9. The van der Waals surface area contributed by atoms with Gasteiger partial charge in [0.2, 0.25) is 0 Å². The maximum atomic E-state index is 12.8. The summed E-state index contributed by atoms with van der Waals surface area (Å²) in [5.41, 5.74) is 0. The van der Waals surface area contributed by atoms with Crippen molar-refractivity contribution >= 4 is 17.9 Å². The maximum absolute atomic E-state index is 12.8. The van der Waals surface area contributed by atoms with Crippen LogP contribution in [-0.2, 0) is 28.6 Å². The molecule has 0 bridgehead atoms. The molecule has 0 saturated heterocycles. The van der Waals surface area contributed by atoms with E-state index in [2.05, 4.69) is 45.1 Å². The molecule has 0 rings (SSSR count). The van der Waals surface area contributed by atoms with Gasteiger partial charge in [-0.15, -0.1) is 0 Å². The molecule has 6 nitrogen and oxygen atoms in total. The Labute approximate surface area is 411 Å². The number of ether oxygens (including phenoxy) is 3. The number of rotatable bonds is 54. The van der Waals surface area contributed by atoms with Gasteiger partial charge < -0.3 is 14.2 Å². The normalized spacial score (nSPS) is 12.1. The molecule has 0 amide bonds. The van der Waals surface area contributed by atoms with E-state index in [0.29, 0.717) is 19.3 Å². The highest BCUT2D eigenvalue weighted by Crippen LogP contribution is 2.16. The topological polar surface area (TPSA) is 78.9 Å². The SMILES string of the molecule is CCCCCCCC/C=C\CCCCCCCC(=O)OC(COC(=O)CCCCCCCCCCCC)COC(=O)CCCCCCCCCCCCC/C=C\CCCCCCCCCC. The molecule has 0 radical (unpaired) electrons. The molecule has 0 aromatic heterocycles. The Morgan fingerprint density at radius 1 is 0.288 bits per heavy atom. The molecular formula is C60H112O6. The van der Waals surface area contributed by atoms with E-state index in [0.717, 1.165) is 64.2 Å². The molecule has 0 aliphatic carbocycles. The molecule has 0 fully saturated rings. The molecule has 6 heteroatoms. The number of unbranched alkanes of at least 4 members (excludes halogenated alkanes) is 39. The number of carbonyl (C=O) groups excluding carboxylic acids is 3. The summed E-state index contributed by atoms with van der Waals surface area (Å²) < 4.78 is 16.8. The molecule has 1 atom stereocenters. The second kappa shape index (κ2) is 55.5. The van der Waals surface area contributed by atoms with Crippen molar-refractivity contribution < 1.29 is 28.6 Å². The van der Waals surface area contributed by atoms with Gasteiger partial charge in [0.25, 0.3) is 0 Å². The average molecular weight is 930 g/mol. The molecule has 0 aliphatic heterocycles. The molecular weight excluding hydrogens is 817 g/mol. The predicted octanol–water partition coefficient (Wildman–Crippen LogP) is 19.5. The van der Waals surface area contributed by atoms with Crippen LogP contribution in [-0.4, -0.2) is 37.2 Å². The van der Waals surface area contributed by atoms with Crippen LogP contribution in [0.5, 0.6) is 0 Å². The van der Waals surface area contributed by atoms with Crippen molar-refractivity contribution in [2.75, 3.05) is 13.2 Å². The Bertz CT molecular complexity index is 1070. The minimum atomic E-state index is -0.771. The van der Waals surface area contributed by atoms with Gasteiger partial charge in [0.15, 0.2) is 6.10 Å². The van der Waals surface area contributed by atoms with E-state index in [1.54, 1.807) is 0 Å². The molecule has 0 heterocycles. The number of hydrogen-bond acceptors (Lipinski definition) is 6. The van der Waals surface area contributed by atoms with Gasteiger partial charge in [-0.05, 0) is 70.6 Å². The van der Waals surface area contributed by atoms with Crippen molar-refractivity contribution in [1.29, 1.82) is 0 Å². The van der Waals surface area contributed by atoms with Gasteiger partial charge in [-0.2, -0.15) is 0 Å². The second-order valence-corrected chi connectivity index (χ2v) is 19.9. The zero-order valence-electron chi connectivity index (χ0n) is 44.5. The van der Waals surface area contributed by atoms with Gasteiger partial charge in [-0.25, -0.2) is 0 Å². The van der Waals surface area contributed by atoms with Crippen LogP contribution < -0.4 is 0 Å². The summed E-state index contributed by atoms with van der Waals surface area (Å²) in [4.78, 5) is 38.1. The van der Waals surface area contributed by atoms with E-state index < -0.39 is 6.10 Å². The van der Waals surface area contributed by atoms with E-state index >= 15 is 0 Å². The summed E-state index contributed by atoms with van der Waals surface area (Å²) in [6.07, 6.45) is 64.6. The zero-order valence-corrected chi connectivity index (χ0v) is 44.5. The van der Waals surface area contributed by atoms with Gasteiger partial charge in [0.05, 0.1) is 0 Å². The molecule has 0 N–H and O–H groups in total. The van der Waals surface area contributed by atoms with Gasteiger partial charge in [0.1, 0.15) is 13.2 Å². The number of hydrogen-bond donors (Lipinski definition) is 0. The first-order valence-corrected chi connectivity index (χ1v) is 29.3. The Morgan fingerprint density at radius 2 is 0.500 bits per heavy atom. The van der Waals surface area contributed by atoms with Gasteiger partial charge in [-0.1, -0.05) is 257 Å². The molecule has 0 spiro atoms. The smallest absolute Gasteiger partial charge is 0.306 e. The molecule has 0 aromatic carbocycles. The lowest BCUT2D eigenvalue weighted by Crippen LogP contribution is -2.30. The van der Waals surface area contributed by atoms with Crippen molar-refractivity contribution in [2.24, 2.45) is 0 Å². The lowest BCUT2D eigenvalue weighted by atomic mass is 10.0. The monoisotopic (exact) mass is 929 g/mol. The van der Waals surface area contributed by atoms with E-state index in [9.17, 15) is 14.4 Å². The van der Waals surface area contributed by atoms with Crippen LogP contribution in [0.4, 0.5) is 0 Å². The highest BCUT2D eigenvalue weighted by molar-refractivity contribution is 5.71. The zero-order chi connectivity index (χ0) is 47.9. The Kier molecular flexibility index (Phi) is 53.7. The Morgan fingerprint density at radius 3 is 0.758 bits per heavy atom. The lowest BCUT2D eigenvalue weighted by molar-refractivity contribution is -0.167. The largest absolute Gasteiger partial charge is 0.462 e. The summed E-state index contributed by atoms with van der Waals surface area (Å²) in [6, 6.07) is 0. The first-order chi connectivity index (χ1) is 32.5. The minimum absolute atomic E-state index is 0.0707. The first-order valence-electron chi connectivity index (χ1n) is 29.3. The number of esters is 3. The maximum Gasteiger partial charge on any atom is 0.306 e. The van der Waals surface area contributed by atoms with Gasteiger partial charge in [0, 0.05) is 19.3 Å². The summed E-state index contributed by atoms with van der Waals surface area (Å²) >= 11 is 0. The van der Waals surface area contributed by atoms with Crippen LogP contribution in [0.25, 0.3) is 0 Å². The van der Waals surface area contributed by atoms with Crippen molar-refractivity contribution in [1.82, 2.24) is 0 Å². The quantitative estimate of drug-likeness (QED) is 0.0262. The van der Waals surface area contributed by atoms with Crippen molar-refractivity contribution in [2.45, 2.75) is 329 Å². The average Bonchev–Trinajstić information content (AvgIpc) is 3.31. The molecule has 1 unspecified atom stereocenters. The van der Waals surface area contributed by atoms with Crippen molar-refractivity contribution in [3.05, 3.63) is 24.3 Å². The van der Waals surface area contributed by atoms with Crippen molar-refractivity contribution in [3.63, 3.8) is 0 Å². The minimum Gasteiger partial charge on any atom is -0.462 e. The van der Waals surface area contributed by atoms with Crippen LogP contribution in [0.2, 0.25) is 0 Å². The summed E-state index contributed by atoms with van der Waals surface area (Å²) in [7, 11) is 0. The fourth-order valence-electron chi connectivity index (χ4n) is 8.73. The third-order valence-electron chi connectivity index (χ3n) is 13.2. The van der Waals surface area contributed by atoms with E-state index in [1.807, 2.05) is 0 Å². The standard InChI is InChI=1S/C60H112O6/c1-4-7-10-13-16-19-22-24-26-27-28-29-30-31-32-33-35-36-38-41-44-47-50-53-59(62)65-56-57(55-64-58(61)52-49-46-43-40-21-18-15-12-9-6-3)66-60(63)54-51-48-45-42-39-37-34-25-23-20-17-14-11-8-5-2/h25,27-28,34,57H,4-24,26,29-33,35-56H2,1-3H3/b28-27-,34-25-. The molecule has 66 heavy (non-hydrogen) atoms. The second-order valence-electron chi connectivity index (χ2n) is 19.9. The van der Waals surface area contributed by atoms with Crippen LogP contribution in [0.1, 0.15) is 323 Å². The van der Waals surface area contributed by atoms with Crippen LogP contribution >= 0.6 is 0 Å². The Balaban J connectivity index is 4.22. The van der Waals surface area contributed by atoms with Crippen LogP contribution in [0.3, 0.4) is 0 Å². The fourth-order valence-corrected chi connectivity index (χ4v) is 8.73. The van der Waals surface area contributed by atoms with E-state index in [1.165, 1.54) is 218 Å². The van der Waals surface area contributed by atoms with Gasteiger partial charge in [-0.3, -0.25) is 14.4 Å². The lowest BCUT2D eigenvalue weighted by Gasteiger charge is -2.18. The summed E-state index contributed by atoms with van der Waals surface area (Å²) in [5, 5.41) is 0. The highest BCUT2D eigenvalue weighted by Gasteiger charge is 2.19. The fraction of sp³-hybridized carbons (Fsp3) is 0.883. The van der Waals surface area contributed by atoms with Crippen molar-refractivity contribution in [3.8, 4) is 0 Å². The Hall–Kier alpha value is -2.11. The van der Waals surface area contributed by atoms with Gasteiger partial charge >= 0.3 is 17.9 Å². The number of carbonyl (C=O) groups is 3. The predicted molar refractivity (Wildman–Crippen MR) is 284 cm³/mol. The van der Waals surface area contributed by atoms with E-state index in [-0.39, 0.29) is 31.1 Å². The van der Waals surface area contributed by atoms with Crippen LogP contribution in [0, 0.1) is 0 Å². The first kappa shape index (κ1) is 63.9. The third-order valence-corrected chi connectivity index (χ3v) is 13.2. The molecule has 0 aliphatic rings. The molecule has 0 aromatic rings.